The Morgan fingerprint density at radius 2 is 1.40 bits per heavy atom. The van der Waals surface area contributed by atoms with Gasteiger partial charge in [-0.2, -0.15) is 0 Å². The van der Waals surface area contributed by atoms with Crippen molar-refractivity contribution in [3.63, 3.8) is 0 Å². The molecular formula is C30H48. The number of allylic oxidation sites excluding steroid dienone is 2. The molecular weight excluding hydrogens is 360 g/mol. The van der Waals surface area contributed by atoms with Gasteiger partial charge in [0.25, 0.3) is 0 Å². The molecule has 0 aliphatic heterocycles. The fourth-order valence-corrected chi connectivity index (χ4v) is 6.04. The van der Waals surface area contributed by atoms with E-state index in [9.17, 15) is 0 Å². The summed E-state index contributed by atoms with van der Waals surface area (Å²) in [6, 6.07) is 9.68. The van der Waals surface area contributed by atoms with Gasteiger partial charge >= 0.3 is 0 Å². The molecule has 0 amide bonds. The van der Waals surface area contributed by atoms with Gasteiger partial charge < -0.3 is 0 Å². The maximum atomic E-state index is 2.55. The minimum atomic E-state index is 0.823. The summed E-state index contributed by atoms with van der Waals surface area (Å²) in [4.78, 5) is 0. The van der Waals surface area contributed by atoms with E-state index in [1.807, 2.05) is 0 Å². The van der Waals surface area contributed by atoms with Gasteiger partial charge in [-0.25, -0.2) is 0 Å². The van der Waals surface area contributed by atoms with Gasteiger partial charge in [0.15, 0.2) is 0 Å². The molecule has 2 fully saturated rings. The lowest BCUT2D eigenvalue weighted by atomic mass is 9.77. The highest BCUT2D eigenvalue weighted by atomic mass is 14.3. The van der Waals surface area contributed by atoms with Crippen LogP contribution in [0.15, 0.2) is 36.4 Å². The topological polar surface area (TPSA) is 0 Å². The van der Waals surface area contributed by atoms with Crippen LogP contribution in [0.5, 0.6) is 0 Å². The minimum absolute atomic E-state index is 0.823. The lowest BCUT2D eigenvalue weighted by molar-refractivity contribution is 0.289. The summed E-state index contributed by atoms with van der Waals surface area (Å²) in [7, 11) is 0. The van der Waals surface area contributed by atoms with Crippen molar-refractivity contribution in [2.45, 2.75) is 122 Å². The Morgan fingerprint density at radius 1 is 0.733 bits per heavy atom. The summed E-state index contributed by atoms with van der Waals surface area (Å²) in [5.74, 6) is 3.72. The third-order valence-corrected chi connectivity index (χ3v) is 8.11. The molecule has 0 radical (unpaired) electrons. The standard InChI is InChI=1S/C30H48/c1-3-5-6-10-26-13-15-27(16-14-26)11-7-8-12-28-19-23-30(24-20-28)29-21-17-25(9-4-2)18-22-29/h7,11,19-20,23-27,29H,3-6,8-10,12-18,21-22H2,1-2H3. The third kappa shape index (κ3) is 7.90. The fraction of sp³-hybridized carbons (Fsp3) is 0.733. The van der Waals surface area contributed by atoms with Crippen molar-refractivity contribution in [2.24, 2.45) is 17.8 Å². The third-order valence-electron chi connectivity index (χ3n) is 8.11. The Labute approximate surface area is 187 Å². The van der Waals surface area contributed by atoms with Gasteiger partial charge in [-0.1, -0.05) is 88.8 Å². The maximum Gasteiger partial charge on any atom is -0.0162 e. The zero-order valence-electron chi connectivity index (χ0n) is 20.1. The van der Waals surface area contributed by atoms with Crippen LogP contribution in [-0.4, -0.2) is 0 Å². The molecule has 0 unspecified atom stereocenters. The van der Waals surface area contributed by atoms with E-state index in [0.717, 1.165) is 23.7 Å². The highest BCUT2D eigenvalue weighted by molar-refractivity contribution is 5.26. The van der Waals surface area contributed by atoms with Gasteiger partial charge in [-0.05, 0) is 99.0 Å². The summed E-state index contributed by atoms with van der Waals surface area (Å²) in [6.07, 6.45) is 27.5. The first-order valence-corrected chi connectivity index (χ1v) is 13.5. The van der Waals surface area contributed by atoms with Crippen molar-refractivity contribution in [1.82, 2.24) is 0 Å². The second-order valence-corrected chi connectivity index (χ2v) is 10.5. The van der Waals surface area contributed by atoms with Crippen molar-refractivity contribution in [3.05, 3.63) is 47.5 Å². The number of unbranched alkanes of at least 4 members (excludes halogenated alkanes) is 2. The second kappa shape index (κ2) is 13.4. The molecule has 2 aliphatic carbocycles. The van der Waals surface area contributed by atoms with Crippen LogP contribution in [0.4, 0.5) is 0 Å². The van der Waals surface area contributed by atoms with E-state index in [4.69, 9.17) is 0 Å². The Balaban J connectivity index is 1.32. The molecule has 0 spiro atoms. The maximum absolute atomic E-state index is 2.55. The Kier molecular flexibility index (Phi) is 10.5. The number of hydrogen-bond donors (Lipinski definition) is 0. The Morgan fingerprint density at radius 3 is 2.07 bits per heavy atom. The van der Waals surface area contributed by atoms with Crippen molar-refractivity contribution in [2.75, 3.05) is 0 Å². The van der Waals surface area contributed by atoms with Gasteiger partial charge in [0.1, 0.15) is 0 Å². The van der Waals surface area contributed by atoms with E-state index < -0.39 is 0 Å². The lowest BCUT2D eigenvalue weighted by Gasteiger charge is -2.28. The van der Waals surface area contributed by atoms with Crippen molar-refractivity contribution >= 4 is 0 Å². The van der Waals surface area contributed by atoms with E-state index >= 15 is 0 Å². The molecule has 0 heterocycles. The van der Waals surface area contributed by atoms with Crippen LogP contribution < -0.4 is 0 Å². The molecule has 1 aromatic rings. The normalized spacial score (nSPS) is 27.5. The van der Waals surface area contributed by atoms with Crippen LogP contribution in [0.3, 0.4) is 0 Å². The highest BCUT2D eigenvalue weighted by Gasteiger charge is 2.21. The van der Waals surface area contributed by atoms with Gasteiger partial charge in [0.2, 0.25) is 0 Å². The van der Waals surface area contributed by atoms with Gasteiger partial charge in [-0.15, -0.1) is 0 Å². The molecule has 2 aliphatic rings. The van der Waals surface area contributed by atoms with Crippen LogP contribution in [0.1, 0.15) is 127 Å². The van der Waals surface area contributed by atoms with Crippen molar-refractivity contribution in [3.8, 4) is 0 Å². The molecule has 0 bridgehead atoms. The zero-order chi connectivity index (χ0) is 21.0. The van der Waals surface area contributed by atoms with Crippen LogP contribution in [0.25, 0.3) is 0 Å². The summed E-state index contributed by atoms with van der Waals surface area (Å²) in [5.41, 5.74) is 3.11. The SMILES string of the molecule is CCCCCC1CCC(C=CCCc2ccc(C3CCC(CCC)CC3)cc2)CC1. The quantitative estimate of drug-likeness (QED) is 0.252. The van der Waals surface area contributed by atoms with E-state index in [-0.39, 0.29) is 0 Å². The van der Waals surface area contributed by atoms with Crippen LogP contribution in [-0.2, 0) is 6.42 Å². The first-order chi connectivity index (χ1) is 14.8. The molecule has 0 saturated heterocycles. The number of benzene rings is 1. The largest absolute Gasteiger partial charge is 0.0879 e. The first-order valence-electron chi connectivity index (χ1n) is 13.5. The number of rotatable bonds is 11. The highest BCUT2D eigenvalue weighted by Crippen LogP contribution is 2.37. The van der Waals surface area contributed by atoms with Gasteiger partial charge in [0, 0.05) is 0 Å². The molecule has 2 saturated carbocycles. The zero-order valence-corrected chi connectivity index (χ0v) is 20.1. The molecule has 0 nitrogen and oxygen atoms in total. The average Bonchev–Trinajstić information content (AvgIpc) is 2.79. The summed E-state index contributed by atoms with van der Waals surface area (Å²) < 4.78 is 0. The molecule has 168 valence electrons. The van der Waals surface area contributed by atoms with Crippen LogP contribution in [0.2, 0.25) is 0 Å². The number of aryl methyl sites for hydroxylation is 1. The summed E-state index contributed by atoms with van der Waals surface area (Å²) in [6.45, 7) is 4.65. The van der Waals surface area contributed by atoms with E-state index in [1.165, 1.54) is 108 Å². The fourth-order valence-electron chi connectivity index (χ4n) is 6.04. The molecule has 30 heavy (non-hydrogen) atoms. The molecule has 0 aromatic heterocycles. The number of hydrogen-bond acceptors (Lipinski definition) is 0. The minimum Gasteiger partial charge on any atom is -0.0879 e. The molecule has 3 rings (SSSR count). The van der Waals surface area contributed by atoms with Crippen molar-refractivity contribution in [1.29, 1.82) is 0 Å². The monoisotopic (exact) mass is 408 g/mol. The van der Waals surface area contributed by atoms with E-state index in [1.54, 1.807) is 5.56 Å². The van der Waals surface area contributed by atoms with Crippen molar-refractivity contribution < 1.29 is 0 Å². The molecule has 1 aromatic carbocycles. The first kappa shape index (κ1) is 23.6. The van der Waals surface area contributed by atoms with Gasteiger partial charge in [0.05, 0.1) is 0 Å². The second-order valence-electron chi connectivity index (χ2n) is 10.5. The van der Waals surface area contributed by atoms with Gasteiger partial charge in [-0.3, -0.25) is 0 Å². The summed E-state index contributed by atoms with van der Waals surface area (Å²) in [5, 5.41) is 0. The van der Waals surface area contributed by atoms with E-state index in [2.05, 4.69) is 50.3 Å². The molecule has 0 N–H and O–H groups in total. The summed E-state index contributed by atoms with van der Waals surface area (Å²) >= 11 is 0. The lowest BCUT2D eigenvalue weighted by Crippen LogP contribution is -2.13. The van der Waals surface area contributed by atoms with E-state index in [0.29, 0.717) is 0 Å². The molecule has 0 heteroatoms. The smallest absolute Gasteiger partial charge is 0.0162 e. The predicted molar refractivity (Wildman–Crippen MR) is 133 cm³/mol. The Hall–Kier alpha value is -1.04. The van der Waals surface area contributed by atoms with Crippen LogP contribution >= 0.6 is 0 Å². The molecule has 0 atom stereocenters. The average molecular weight is 409 g/mol. The van der Waals surface area contributed by atoms with Crippen LogP contribution in [0, 0.1) is 17.8 Å². The predicted octanol–water partition coefficient (Wildman–Crippen LogP) is 9.64. The Bertz CT molecular complexity index is 579.